The third-order valence-electron chi connectivity index (χ3n) is 3.01. The summed E-state index contributed by atoms with van der Waals surface area (Å²) in [5, 5.41) is 8.16. The van der Waals surface area contributed by atoms with Crippen molar-refractivity contribution >= 4 is 11.6 Å². The highest BCUT2D eigenvalue weighted by Crippen LogP contribution is 2.30. The Labute approximate surface area is 131 Å². The summed E-state index contributed by atoms with van der Waals surface area (Å²) in [6.07, 6.45) is -0.507. The molecule has 1 heterocycles. The van der Waals surface area contributed by atoms with Crippen LogP contribution in [0.3, 0.4) is 0 Å². The number of halogens is 2. The van der Waals surface area contributed by atoms with Crippen LogP contribution in [0.4, 0.5) is 4.39 Å². The average Bonchev–Trinajstić information content (AvgIpc) is 3.01. The molecule has 1 aromatic heterocycles. The van der Waals surface area contributed by atoms with Crippen LogP contribution in [-0.4, -0.2) is 10.2 Å². The minimum atomic E-state index is -0.507. The summed E-state index contributed by atoms with van der Waals surface area (Å²) < 4.78 is 24.3. The van der Waals surface area contributed by atoms with Crippen LogP contribution >= 0.6 is 11.6 Å². The zero-order valence-corrected chi connectivity index (χ0v) is 12.4. The lowest BCUT2D eigenvalue weighted by Crippen LogP contribution is -2.04. The molecule has 0 N–H and O–H groups in total. The van der Waals surface area contributed by atoms with Crippen LogP contribution in [0.25, 0.3) is 11.5 Å². The van der Waals surface area contributed by atoms with Crippen LogP contribution < -0.4 is 4.74 Å². The summed E-state index contributed by atoms with van der Waals surface area (Å²) in [7, 11) is 0. The van der Waals surface area contributed by atoms with E-state index in [0.29, 0.717) is 17.5 Å². The Hall–Kier alpha value is -2.40. The van der Waals surface area contributed by atoms with Crippen LogP contribution in [0.2, 0.25) is 5.02 Å². The Bertz CT molecular complexity index is 777. The van der Waals surface area contributed by atoms with Gasteiger partial charge in [-0.3, -0.25) is 0 Å². The predicted octanol–water partition coefficient (Wildman–Crippen LogP) is 4.67. The first kappa shape index (κ1) is 14.5. The molecule has 0 saturated carbocycles. The van der Waals surface area contributed by atoms with E-state index in [1.54, 1.807) is 6.92 Å². The van der Waals surface area contributed by atoms with Gasteiger partial charge in [0, 0.05) is 5.56 Å². The quantitative estimate of drug-likeness (QED) is 0.701. The van der Waals surface area contributed by atoms with Gasteiger partial charge in [-0.2, -0.15) is 0 Å². The topological polar surface area (TPSA) is 48.2 Å². The van der Waals surface area contributed by atoms with E-state index in [1.807, 2.05) is 30.3 Å². The Balaban J connectivity index is 1.78. The monoisotopic (exact) mass is 318 g/mol. The fourth-order valence-corrected chi connectivity index (χ4v) is 2.12. The molecule has 3 rings (SSSR count). The molecule has 3 aromatic rings. The molecule has 22 heavy (non-hydrogen) atoms. The molecular formula is C16H12ClFN2O2. The second-order valence-corrected chi connectivity index (χ2v) is 5.05. The van der Waals surface area contributed by atoms with Crippen molar-refractivity contribution in [3.8, 4) is 17.2 Å². The first-order valence-corrected chi connectivity index (χ1v) is 7.02. The van der Waals surface area contributed by atoms with Gasteiger partial charge < -0.3 is 9.15 Å². The summed E-state index contributed by atoms with van der Waals surface area (Å²) >= 11 is 5.93. The Morgan fingerprint density at radius 3 is 2.64 bits per heavy atom. The van der Waals surface area contributed by atoms with Crippen molar-refractivity contribution in [3.63, 3.8) is 0 Å². The lowest BCUT2D eigenvalue weighted by molar-refractivity contribution is 0.189. The molecule has 0 aliphatic rings. The van der Waals surface area contributed by atoms with E-state index in [0.717, 1.165) is 5.56 Å². The third-order valence-corrected chi connectivity index (χ3v) is 3.30. The standard InChI is InChI=1S/C16H12ClFN2O2/c1-10(21-14-8-7-12(18)9-13(14)17)15-19-20-16(22-15)11-5-3-2-4-6-11/h2-10H,1H3/t10-/m1/s1. The molecule has 0 aliphatic carbocycles. The normalized spacial score (nSPS) is 12.1. The molecule has 0 saturated heterocycles. The number of rotatable bonds is 4. The van der Waals surface area contributed by atoms with Crippen molar-refractivity contribution in [2.45, 2.75) is 13.0 Å². The summed E-state index contributed by atoms with van der Waals surface area (Å²) in [4.78, 5) is 0. The van der Waals surface area contributed by atoms with E-state index in [9.17, 15) is 4.39 Å². The molecule has 112 valence electrons. The van der Waals surface area contributed by atoms with E-state index < -0.39 is 11.9 Å². The van der Waals surface area contributed by atoms with Crippen molar-refractivity contribution in [3.05, 3.63) is 65.3 Å². The Kier molecular flexibility index (Phi) is 4.06. The molecule has 4 nitrogen and oxygen atoms in total. The molecule has 0 radical (unpaired) electrons. The van der Waals surface area contributed by atoms with E-state index in [4.69, 9.17) is 20.8 Å². The molecule has 2 aromatic carbocycles. The van der Waals surface area contributed by atoms with Crippen LogP contribution in [0.15, 0.2) is 52.9 Å². The molecule has 0 aliphatic heterocycles. The molecule has 1 atom stereocenters. The summed E-state index contributed by atoms with van der Waals surface area (Å²) in [5.41, 5.74) is 0.827. The van der Waals surface area contributed by atoms with Crippen molar-refractivity contribution in [1.82, 2.24) is 10.2 Å². The van der Waals surface area contributed by atoms with E-state index >= 15 is 0 Å². The zero-order chi connectivity index (χ0) is 15.5. The second kappa shape index (κ2) is 6.15. The van der Waals surface area contributed by atoms with E-state index in [2.05, 4.69) is 10.2 Å². The minimum Gasteiger partial charge on any atom is -0.479 e. The molecule has 0 spiro atoms. The maximum Gasteiger partial charge on any atom is 0.257 e. The molecule has 0 fully saturated rings. The maximum atomic E-state index is 13.0. The van der Waals surface area contributed by atoms with Gasteiger partial charge in [-0.1, -0.05) is 29.8 Å². The van der Waals surface area contributed by atoms with Crippen molar-refractivity contribution in [1.29, 1.82) is 0 Å². The van der Waals surface area contributed by atoms with Gasteiger partial charge in [0.05, 0.1) is 5.02 Å². The number of ether oxygens (including phenoxy) is 1. The van der Waals surface area contributed by atoms with Gasteiger partial charge in [0.25, 0.3) is 5.89 Å². The van der Waals surface area contributed by atoms with Crippen LogP contribution in [0.5, 0.6) is 5.75 Å². The number of hydrogen-bond acceptors (Lipinski definition) is 4. The van der Waals surface area contributed by atoms with Crippen molar-refractivity contribution in [2.75, 3.05) is 0 Å². The van der Waals surface area contributed by atoms with Gasteiger partial charge in [-0.15, -0.1) is 10.2 Å². The Morgan fingerprint density at radius 2 is 1.91 bits per heavy atom. The van der Waals surface area contributed by atoms with E-state index in [1.165, 1.54) is 18.2 Å². The van der Waals surface area contributed by atoms with Gasteiger partial charge in [-0.25, -0.2) is 4.39 Å². The van der Waals surface area contributed by atoms with Gasteiger partial charge in [0.1, 0.15) is 11.6 Å². The van der Waals surface area contributed by atoms with Crippen LogP contribution in [0, 0.1) is 5.82 Å². The average molecular weight is 319 g/mol. The summed E-state index contributed by atoms with van der Waals surface area (Å²) in [6, 6.07) is 13.4. The number of aromatic nitrogens is 2. The van der Waals surface area contributed by atoms with Gasteiger partial charge >= 0.3 is 0 Å². The molecule has 0 amide bonds. The largest absolute Gasteiger partial charge is 0.479 e. The molecule has 0 bridgehead atoms. The number of nitrogens with zero attached hydrogens (tertiary/aromatic N) is 2. The summed E-state index contributed by atoms with van der Waals surface area (Å²) in [6.45, 7) is 1.75. The molecule has 6 heteroatoms. The lowest BCUT2D eigenvalue weighted by Gasteiger charge is -2.12. The third kappa shape index (κ3) is 3.09. The first-order valence-electron chi connectivity index (χ1n) is 6.64. The lowest BCUT2D eigenvalue weighted by atomic mass is 10.2. The van der Waals surface area contributed by atoms with Gasteiger partial charge in [0.15, 0.2) is 6.10 Å². The highest BCUT2D eigenvalue weighted by Gasteiger charge is 2.17. The highest BCUT2D eigenvalue weighted by atomic mass is 35.5. The minimum absolute atomic E-state index is 0.189. The fraction of sp³-hybridized carbons (Fsp3) is 0.125. The predicted molar refractivity (Wildman–Crippen MR) is 80.2 cm³/mol. The number of hydrogen-bond donors (Lipinski definition) is 0. The van der Waals surface area contributed by atoms with Gasteiger partial charge in [-0.05, 0) is 37.3 Å². The maximum absolute atomic E-state index is 13.0. The summed E-state index contributed by atoms with van der Waals surface area (Å²) in [5.74, 6) is 0.666. The SMILES string of the molecule is C[C@@H](Oc1ccc(F)cc1Cl)c1nnc(-c2ccccc2)o1. The molecule has 0 unspecified atom stereocenters. The zero-order valence-electron chi connectivity index (χ0n) is 11.7. The van der Waals surface area contributed by atoms with Crippen LogP contribution in [-0.2, 0) is 0 Å². The van der Waals surface area contributed by atoms with Crippen LogP contribution in [0.1, 0.15) is 18.9 Å². The van der Waals surface area contributed by atoms with E-state index in [-0.39, 0.29) is 5.02 Å². The smallest absolute Gasteiger partial charge is 0.257 e. The highest BCUT2D eigenvalue weighted by molar-refractivity contribution is 6.32. The van der Waals surface area contributed by atoms with Crippen molar-refractivity contribution in [2.24, 2.45) is 0 Å². The first-order chi connectivity index (χ1) is 10.6. The van der Waals surface area contributed by atoms with Gasteiger partial charge in [0.2, 0.25) is 5.89 Å². The second-order valence-electron chi connectivity index (χ2n) is 4.65. The molecular weight excluding hydrogens is 307 g/mol. The number of benzene rings is 2. The Morgan fingerprint density at radius 1 is 1.14 bits per heavy atom. The fourth-order valence-electron chi connectivity index (χ4n) is 1.91. The van der Waals surface area contributed by atoms with Crippen molar-refractivity contribution < 1.29 is 13.5 Å².